The third-order valence-electron chi connectivity index (χ3n) is 1.41. The molecule has 0 aliphatic carbocycles. The van der Waals surface area contributed by atoms with Gasteiger partial charge in [-0.05, 0) is 25.5 Å². The Labute approximate surface area is 86.4 Å². The third kappa shape index (κ3) is 8.60. The average Bonchev–Trinajstić information content (AvgIpc) is 2.04. The van der Waals surface area contributed by atoms with E-state index < -0.39 is 0 Å². The Bertz CT molecular complexity index is 101. The van der Waals surface area contributed by atoms with E-state index >= 15 is 0 Å². The molecule has 0 spiro atoms. The predicted molar refractivity (Wildman–Crippen MR) is 59.2 cm³/mol. The molecule has 0 saturated carbocycles. The summed E-state index contributed by atoms with van der Waals surface area (Å²) in [6, 6.07) is 0. The topological polar surface area (TPSA) is 18.5 Å². The number of hydrogen-bond donors (Lipinski definition) is 0. The van der Waals surface area contributed by atoms with Gasteiger partial charge in [-0.3, -0.25) is 0 Å². The standard InChI is InChI=1S/C10H22O2S/c1-5-11-10(12-6-2)8-13-7-9(3)4/h9-10H,5-8H2,1-4H3. The zero-order chi connectivity index (χ0) is 10.1. The molecule has 2 nitrogen and oxygen atoms in total. The van der Waals surface area contributed by atoms with Gasteiger partial charge >= 0.3 is 0 Å². The fourth-order valence-corrected chi connectivity index (χ4v) is 1.91. The maximum atomic E-state index is 5.42. The van der Waals surface area contributed by atoms with Gasteiger partial charge < -0.3 is 9.47 Å². The maximum absolute atomic E-state index is 5.42. The molecule has 0 aromatic rings. The van der Waals surface area contributed by atoms with Gasteiger partial charge in [0.25, 0.3) is 0 Å². The second kappa shape index (κ2) is 8.85. The molecule has 0 radical (unpaired) electrons. The summed E-state index contributed by atoms with van der Waals surface area (Å²) >= 11 is 1.90. The van der Waals surface area contributed by atoms with Crippen molar-refractivity contribution in [2.24, 2.45) is 5.92 Å². The molecular weight excluding hydrogens is 184 g/mol. The van der Waals surface area contributed by atoms with Gasteiger partial charge in [-0.15, -0.1) is 0 Å². The summed E-state index contributed by atoms with van der Waals surface area (Å²) in [6.45, 7) is 9.91. The van der Waals surface area contributed by atoms with Crippen molar-refractivity contribution < 1.29 is 9.47 Å². The Morgan fingerprint density at radius 3 is 1.92 bits per heavy atom. The van der Waals surface area contributed by atoms with Crippen LogP contribution in [0.25, 0.3) is 0 Å². The third-order valence-corrected chi connectivity index (χ3v) is 2.82. The molecule has 0 unspecified atom stereocenters. The van der Waals surface area contributed by atoms with Crippen LogP contribution in [0.3, 0.4) is 0 Å². The predicted octanol–water partition coefficient (Wildman–Crippen LogP) is 2.77. The highest BCUT2D eigenvalue weighted by atomic mass is 32.2. The van der Waals surface area contributed by atoms with E-state index in [4.69, 9.17) is 9.47 Å². The van der Waals surface area contributed by atoms with Crippen LogP contribution in [0.5, 0.6) is 0 Å². The summed E-state index contributed by atoms with van der Waals surface area (Å²) in [5.74, 6) is 2.87. The molecule has 3 heteroatoms. The van der Waals surface area contributed by atoms with Gasteiger partial charge in [-0.1, -0.05) is 13.8 Å². The highest BCUT2D eigenvalue weighted by molar-refractivity contribution is 7.99. The van der Waals surface area contributed by atoms with Gasteiger partial charge in [-0.2, -0.15) is 11.8 Å². The SMILES string of the molecule is CCOC(CSCC(C)C)OCC. The first-order chi connectivity index (χ1) is 6.20. The smallest absolute Gasteiger partial charge is 0.166 e. The van der Waals surface area contributed by atoms with E-state index in [1.54, 1.807) is 0 Å². The molecule has 0 fully saturated rings. The van der Waals surface area contributed by atoms with E-state index in [0.29, 0.717) is 0 Å². The molecule has 0 aliphatic heterocycles. The van der Waals surface area contributed by atoms with Crippen LogP contribution >= 0.6 is 11.8 Å². The molecule has 0 amide bonds. The van der Waals surface area contributed by atoms with Gasteiger partial charge in [0, 0.05) is 19.0 Å². The second-order valence-electron chi connectivity index (χ2n) is 3.27. The largest absolute Gasteiger partial charge is 0.352 e. The number of ether oxygens (including phenoxy) is 2. The van der Waals surface area contributed by atoms with Crippen molar-refractivity contribution >= 4 is 11.8 Å². The summed E-state index contributed by atoms with van der Waals surface area (Å²) in [5.41, 5.74) is 0. The fourth-order valence-electron chi connectivity index (χ4n) is 0.916. The Kier molecular flexibility index (Phi) is 9.03. The van der Waals surface area contributed by atoms with E-state index in [-0.39, 0.29) is 6.29 Å². The molecule has 0 aromatic heterocycles. The average molecular weight is 206 g/mol. The Hall–Kier alpha value is 0.270. The van der Waals surface area contributed by atoms with E-state index in [1.165, 1.54) is 5.75 Å². The van der Waals surface area contributed by atoms with E-state index in [9.17, 15) is 0 Å². The normalized spacial score (nSPS) is 11.5. The van der Waals surface area contributed by atoms with Gasteiger partial charge in [0.1, 0.15) is 0 Å². The summed E-state index contributed by atoms with van der Waals surface area (Å²) in [7, 11) is 0. The van der Waals surface area contributed by atoms with Crippen molar-refractivity contribution in [3.63, 3.8) is 0 Å². The maximum Gasteiger partial charge on any atom is 0.166 e. The van der Waals surface area contributed by atoms with Gasteiger partial charge in [-0.25, -0.2) is 0 Å². The first-order valence-corrected chi connectivity index (χ1v) is 6.17. The molecule has 13 heavy (non-hydrogen) atoms. The van der Waals surface area contributed by atoms with Crippen LogP contribution in [0.4, 0.5) is 0 Å². The molecule has 0 rings (SSSR count). The van der Waals surface area contributed by atoms with E-state index in [2.05, 4.69) is 13.8 Å². The van der Waals surface area contributed by atoms with Crippen LogP contribution in [0.15, 0.2) is 0 Å². The Morgan fingerprint density at radius 2 is 1.54 bits per heavy atom. The van der Waals surface area contributed by atoms with E-state index in [1.807, 2.05) is 25.6 Å². The van der Waals surface area contributed by atoms with Crippen LogP contribution in [0.2, 0.25) is 0 Å². The van der Waals surface area contributed by atoms with Gasteiger partial charge in [0.15, 0.2) is 6.29 Å². The van der Waals surface area contributed by atoms with Crippen LogP contribution in [-0.4, -0.2) is 31.0 Å². The van der Waals surface area contributed by atoms with Crippen LogP contribution in [-0.2, 0) is 9.47 Å². The molecule has 0 heterocycles. The summed E-state index contributed by atoms with van der Waals surface area (Å²) in [6.07, 6.45) is -0.0150. The van der Waals surface area contributed by atoms with Gasteiger partial charge in [0.2, 0.25) is 0 Å². The lowest BCUT2D eigenvalue weighted by Gasteiger charge is -2.16. The first-order valence-electron chi connectivity index (χ1n) is 5.01. The Balaban J connectivity index is 3.44. The van der Waals surface area contributed by atoms with Crippen molar-refractivity contribution in [2.75, 3.05) is 24.7 Å². The quantitative estimate of drug-likeness (QED) is 0.569. The molecule has 80 valence electrons. The van der Waals surface area contributed by atoms with Crippen molar-refractivity contribution in [3.8, 4) is 0 Å². The lowest BCUT2D eigenvalue weighted by atomic mass is 10.3. The van der Waals surface area contributed by atoms with Crippen LogP contribution in [0.1, 0.15) is 27.7 Å². The minimum Gasteiger partial charge on any atom is -0.352 e. The molecule has 0 aromatic carbocycles. The molecule has 0 saturated heterocycles. The zero-order valence-electron chi connectivity index (χ0n) is 9.21. The number of thioether (sulfide) groups is 1. The van der Waals surface area contributed by atoms with Crippen molar-refractivity contribution in [1.29, 1.82) is 0 Å². The Morgan fingerprint density at radius 1 is 1.00 bits per heavy atom. The molecule has 0 bridgehead atoms. The monoisotopic (exact) mass is 206 g/mol. The van der Waals surface area contributed by atoms with Crippen LogP contribution < -0.4 is 0 Å². The highest BCUT2D eigenvalue weighted by Gasteiger charge is 2.07. The second-order valence-corrected chi connectivity index (χ2v) is 4.35. The molecule has 0 aliphatic rings. The minimum atomic E-state index is -0.0150. The van der Waals surface area contributed by atoms with Crippen molar-refractivity contribution in [1.82, 2.24) is 0 Å². The molecule has 0 atom stereocenters. The number of rotatable bonds is 8. The van der Waals surface area contributed by atoms with Crippen molar-refractivity contribution in [2.45, 2.75) is 34.0 Å². The fraction of sp³-hybridized carbons (Fsp3) is 1.00. The van der Waals surface area contributed by atoms with Crippen molar-refractivity contribution in [3.05, 3.63) is 0 Å². The zero-order valence-corrected chi connectivity index (χ0v) is 10.0. The lowest BCUT2D eigenvalue weighted by molar-refractivity contribution is -0.120. The lowest BCUT2D eigenvalue weighted by Crippen LogP contribution is -2.20. The summed E-state index contributed by atoms with van der Waals surface area (Å²) in [4.78, 5) is 0. The minimum absolute atomic E-state index is 0.0150. The first kappa shape index (κ1) is 13.3. The highest BCUT2D eigenvalue weighted by Crippen LogP contribution is 2.11. The summed E-state index contributed by atoms with van der Waals surface area (Å²) in [5, 5.41) is 0. The molecule has 0 N–H and O–H groups in total. The summed E-state index contributed by atoms with van der Waals surface area (Å²) < 4.78 is 10.8. The van der Waals surface area contributed by atoms with Gasteiger partial charge in [0.05, 0.1) is 0 Å². The molecular formula is C10H22O2S. The number of hydrogen-bond acceptors (Lipinski definition) is 3. The van der Waals surface area contributed by atoms with E-state index in [0.717, 1.165) is 24.9 Å². The van der Waals surface area contributed by atoms with Crippen LogP contribution in [0, 0.1) is 5.92 Å².